The molecule has 0 aliphatic heterocycles. The highest BCUT2D eigenvalue weighted by Gasteiger charge is 2.25. The molecule has 0 saturated carbocycles. The monoisotopic (exact) mass is 309 g/mol. The maximum Gasteiger partial charge on any atom is 0.271 e. The summed E-state index contributed by atoms with van der Waals surface area (Å²) < 4.78 is 1.38. The van der Waals surface area contributed by atoms with E-state index in [0.29, 0.717) is 4.96 Å². The zero-order valence-electron chi connectivity index (χ0n) is 12.2. The van der Waals surface area contributed by atoms with Gasteiger partial charge in [-0.3, -0.25) is 14.0 Å². The van der Waals surface area contributed by atoms with Gasteiger partial charge in [-0.1, -0.05) is 13.8 Å². The van der Waals surface area contributed by atoms with Gasteiger partial charge in [0.25, 0.3) is 11.5 Å². The van der Waals surface area contributed by atoms with E-state index in [1.807, 2.05) is 13.8 Å². The molecular weight excluding hydrogens is 290 g/mol. The van der Waals surface area contributed by atoms with Crippen molar-refractivity contribution >= 4 is 22.2 Å². The lowest BCUT2D eigenvalue weighted by molar-refractivity contribution is 0.0620. The fraction of sp³-hybridized carbons (Fsp3) is 0.500. The van der Waals surface area contributed by atoms with Gasteiger partial charge in [0, 0.05) is 30.4 Å². The van der Waals surface area contributed by atoms with Crippen molar-refractivity contribution in [2.24, 2.45) is 0 Å². The molecule has 0 atom stereocenters. The minimum Gasteiger partial charge on any atom is -0.395 e. The Balaban J connectivity index is 2.42. The van der Waals surface area contributed by atoms with Crippen molar-refractivity contribution in [1.82, 2.24) is 14.3 Å². The summed E-state index contributed by atoms with van der Waals surface area (Å²) in [5, 5.41) is 10.9. The molecule has 114 valence electrons. The molecule has 7 heteroatoms. The predicted octanol–water partition coefficient (Wildman–Crippen LogP) is 1.38. The summed E-state index contributed by atoms with van der Waals surface area (Å²) in [6, 6.07) is 0.00669. The van der Waals surface area contributed by atoms with Crippen molar-refractivity contribution < 1.29 is 9.90 Å². The molecule has 0 bridgehead atoms. The lowest BCUT2D eigenvalue weighted by Crippen LogP contribution is -2.43. The molecule has 6 nitrogen and oxygen atoms in total. The van der Waals surface area contributed by atoms with Crippen LogP contribution >= 0.6 is 11.3 Å². The second kappa shape index (κ2) is 6.82. The lowest BCUT2D eigenvalue weighted by atomic mass is 10.1. The summed E-state index contributed by atoms with van der Waals surface area (Å²) in [6.07, 6.45) is 4.50. The summed E-state index contributed by atoms with van der Waals surface area (Å²) in [5.41, 5.74) is -0.314. The average Bonchev–Trinajstić information content (AvgIpc) is 2.97. The largest absolute Gasteiger partial charge is 0.395 e. The number of aromatic nitrogens is 2. The summed E-state index contributed by atoms with van der Waals surface area (Å²) >= 11 is 1.34. The first kappa shape index (κ1) is 15.7. The van der Waals surface area contributed by atoms with Crippen LogP contribution in [0.15, 0.2) is 22.6 Å². The number of aliphatic hydroxyl groups excluding tert-OH is 1. The molecule has 0 aliphatic rings. The number of rotatable bonds is 6. The summed E-state index contributed by atoms with van der Waals surface area (Å²) in [4.78, 5) is 31.3. The number of aliphatic hydroxyl groups is 1. The van der Waals surface area contributed by atoms with Crippen LogP contribution in [-0.4, -0.2) is 44.5 Å². The van der Waals surface area contributed by atoms with Gasteiger partial charge >= 0.3 is 0 Å². The molecule has 0 spiro atoms. The fourth-order valence-electron chi connectivity index (χ4n) is 2.41. The zero-order valence-corrected chi connectivity index (χ0v) is 13.0. The van der Waals surface area contributed by atoms with Gasteiger partial charge in [-0.25, -0.2) is 4.98 Å². The second-order valence-electron chi connectivity index (χ2n) is 4.73. The van der Waals surface area contributed by atoms with Crippen LogP contribution in [0.25, 0.3) is 4.96 Å². The van der Waals surface area contributed by atoms with E-state index in [0.717, 1.165) is 12.8 Å². The first-order valence-corrected chi connectivity index (χ1v) is 7.88. The number of fused-ring (bicyclic) bond motifs is 1. The van der Waals surface area contributed by atoms with Crippen molar-refractivity contribution in [1.29, 1.82) is 0 Å². The molecular formula is C14H19N3O3S. The minimum atomic E-state index is -0.365. The van der Waals surface area contributed by atoms with Crippen LogP contribution in [0.1, 0.15) is 37.0 Å². The SMILES string of the molecule is CCC(CC)N(CCO)C(=O)c1cnc2sccn2c1=O. The zero-order chi connectivity index (χ0) is 15.4. The van der Waals surface area contributed by atoms with Crippen LogP contribution in [0.4, 0.5) is 0 Å². The van der Waals surface area contributed by atoms with E-state index < -0.39 is 0 Å². The number of hydrogen-bond donors (Lipinski definition) is 1. The van der Waals surface area contributed by atoms with Gasteiger partial charge in [0.2, 0.25) is 0 Å². The van der Waals surface area contributed by atoms with Crippen LogP contribution in [0.3, 0.4) is 0 Å². The highest BCUT2D eigenvalue weighted by Crippen LogP contribution is 2.13. The Labute approximate surface area is 126 Å². The summed E-state index contributed by atoms with van der Waals surface area (Å²) in [5.74, 6) is -0.365. The van der Waals surface area contributed by atoms with Gasteiger partial charge < -0.3 is 10.0 Å². The van der Waals surface area contributed by atoms with Crippen molar-refractivity contribution in [2.75, 3.05) is 13.2 Å². The van der Waals surface area contributed by atoms with Crippen molar-refractivity contribution in [3.05, 3.63) is 33.7 Å². The van der Waals surface area contributed by atoms with Crippen molar-refractivity contribution in [3.63, 3.8) is 0 Å². The molecule has 0 unspecified atom stereocenters. The summed E-state index contributed by atoms with van der Waals surface area (Å²) in [6.45, 7) is 4.06. The van der Waals surface area contributed by atoms with E-state index in [2.05, 4.69) is 4.98 Å². The normalized spacial score (nSPS) is 11.2. The third kappa shape index (κ3) is 2.98. The fourth-order valence-corrected chi connectivity index (χ4v) is 3.09. The van der Waals surface area contributed by atoms with Gasteiger partial charge in [0.15, 0.2) is 4.96 Å². The number of nitrogens with zero attached hydrogens (tertiary/aromatic N) is 3. The van der Waals surface area contributed by atoms with Crippen LogP contribution in [0.5, 0.6) is 0 Å². The number of carbonyl (C=O) groups excluding carboxylic acids is 1. The minimum absolute atomic E-state index is 0.00669. The van der Waals surface area contributed by atoms with Crippen LogP contribution in [-0.2, 0) is 0 Å². The molecule has 0 fully saturated rings. The lowest BCUT2D eigenvalue weighted by Gasteiger charge is -2.29. The first-order valence-electron chi connectivity index (χ1n) is 7.00. The number of thiazole rings is 1. The van der Waals surface area contributed by atoms with Crippen LogP contribution in [0, 0.1) is 0 Å². The maximum atomic E-state index is 12.6. The van der Waals surface area contributed by atoms with Gasteiger partial charge in [-0.15, -0.1) is 11.3 Å². The molecule has 0 aromatic carbocycles. The number of carbonyl (C=O) groups is 1. The molecule has 21 heavy (non-hydrogen) atoms. The molecule has 0 aliphatic carbocycles. The first-order chi connectivity index (χ1) is 10.1. The quantitative estimate of drug-likeness (QED) is 0.875. The Morgan fingerprint density at radius 1 is 1.48 bits per heavy atom. The Bertz CT molecular complexity index is 675. The third-order valence-electron chi connectivity index (χ3n) is 3.56. The van der Waals surface area contributed by atoms with Crippen molar-refractivity contribution in [2.45, 2.75) is 32.7 Å². The smallest absolute Gasteiger partial charge is 0.271 e. The third-order valence-corrected chi connectivity index (χ3v) is 4.33. The van der Waals surface area contributed by atoms with Crippen LogP contribution in [0.2, 0.25) is 0 Å². The second-order valence-corrected chi connectivity index (χ2v) is 5.60. The molecule has 0 radical (unpaired) electrons. The number of amides is 1. The van der Waals surface area contributed by atoms with E-state index in [-0.39, 0.29) is 36.2 Å². The molecule has 2 heterocycles. The highest BCUT2D eigenvalue weighted by molar-refractivity contribution is 7.15. The molecule has 0 saturated heterocycles. The van der Waals surface area contributed by atoms with E-state index >= 15 is 0 Å². The maximum absolute atomic E-state index is 12.6. The van der Waals surface area contributed by atoms with Gasteiger partial charge in [0.05, 0.1) is 6.61 Å². The molecule has 1 amide bonds. The highest BCUT2D eigenvalue weighted by atomic mass is 32.1. The average molecular weight is 309 g/mol. The topological polar surface area (TPSA) is 74.9 Å². The Morgan fingerprint density at radius 2 is 2.19 bits per heavy atom. The molecule has 2 rings (SSSR count). The van der Waals surface area contributed by atoms with Crippen molar-refractivity contribution in [3.8, 4) is 0 Å². The van der Waals surface area contributed by atoms with E-state index in [1.165, 1.54) is 21.9 Å². The Morgan fingerprint density at radius 3 is 2.81 bits per heavy atom. The van der Waals surface area contributed by atoms with Gasteiger partial charge in [0.1, 0.15) is 5.56 Å². The van der Waals surface area contributed by atoms with Crippen LogP contribution < -0.4 is 5.56 Å². The Hall–Kier alpha value is -1.73. The summed E-state index contributed by atoms with van der Waals surface area (Å²) in [7, 11) is 0. The molecule has 2 aromatic heterocycles. The Kier molecular flexibility index (Phi) is 5.08. The molecule has 1 N–H and O–H groups in total. The van der Waals surface area contributed by atoms with E-state index in [9.17, 15) is 14.7 Å². The van der Waals surface area contributed by atoms with E-state index in [4.69, 9.17) is 0 Å². The number of hydrogen-bond acceptors (Lipinski definition) is 5. The standard InChI is InChI=1S/C14H19N3O3S/c1-3-10(4-2)16(5-7-18)12(19)11-9-15-14-17(13(11)20)6-8-21-14/h6,8-10,18H,3-5,7H2,1-2H3. The molecule has 2 aromatic rings. The predicted molar refractivity (Wildman–Crippen MR) is 81.8 cm³/mol. The van der Waals surface area contributed by atoms with E-state index in [1.54, 1.807) is 16.5 Å². The van der Waals surface area contributed by atoms with Gasteiger partial charge in [-0.2, -0.15) is 0 Å². The van der Waals surface area contributed by atoms with Gasteiger partial charge in [-0.05, 0) is 12.8 Å².